The SMILES string of the molecule is CC1CN(C2CCCC2)CC(C)(C)CN1. The summed E-state index contributed by atoms with van der Waals surface area (Å²) < 4.78 is 0. The number of hydrogen-bond acceptors (Lipinski definition) is 2. The molecular weight excluding hydrogens is 184 g/mol. The van der Waals surface area contributed by atoms with Gasteiger partial charge in [-0.3, -0.25) is 4.90 Å². The van der Waals surface area contributed by atoms with Crippen LogP contribution in [0.2, 0.25) is 0 Å². The molecule has 2 nitrogen and oxygen atoms in total. The summed E-state index contributed by atoms with van der Waals surface area (Å²) in [6.45, 7) is 10.8. The molecule has 0 spiro atoms. The predicted molar refractivity (Wildman–Crippen MR) is 65.1 cm³/mol. The van der Waals surface area contributed by atoms with Crippen molar-refractivity contribution in [3.8, 4) is 0 Å². The summed E-state index contributed by atoms with van der Waals surface area (Å²) >= 11 is 0. The van der Waals surface area contributed by atoms with Gasteiger partial charge in [0.25, 0.3) is 0 Å². The molecule has 1 unspecified atom stereocenters. The van der Waals surface area contributed by atoms with Gasteiger partial charge in [-0.2, -0.15) is 0 Å². The Hall–Kier alpha value is -0.0800. The maximum Gasteiger partial charge on any atom is 0.0167 e. The zero-order chi connectivity index (χ0) is 10.9. The number of rotatable bonds is 1. The minimum atomic E-state index is 0.438. The molecule has 0 radical (unpaired) electrons. The molecule has 2 aliphatic rings. The van der Waals surface area contributed by atoms with E-state index in [1.165, 1.54) is 38.8 Å². The zero-order valence-corrected chi connectivity index (χ0v) is 10.6. The van der Waals surface area contributed by atoms with Crippen LogP contribution in [0.5, 0.6) is 0 Å². The summed E-state index contributed by atoms with van der Waals surface area (Å²) in [4.78, 5) is 2.75. The highest BCUT2D eigenvalue weighted by molar-refractivity contribution is 4.88. The van der Waals surface area contributed by atoms with Gasteiger partial charge in [0.2, 0.25) is 0 Å². The summed E-state index contributed by atoms with van der Waals surface area (Å²) in [7, 11) is 0. The van der Waals surface area contributed by atoms with E-state index in [2.05, 4.69) is 31.0 Å². The van der Waals surface area contributed by atoms with Crippen LogP contribution in [0.15, 0.2) is 0 Å². The zero-order valence-electron chi connectivity index (χ0n) is 10.6. The van der Waals surface area contributed by atoms with Crippen LogP contribution in [-0.2, 0) is 0 Å². The summed E-state index contributed by atoms with van der Waals surface area (Å²) in [5, 5.41) is 3.65. The van der Waals surface area contributed by atoms with Crippen molar-refractivity contribution < 1.29 is 0 Å². The topological polar surface area (TPSA) is 15.3 Å². The normalized spacial score (nSPS) is 34.2. The number of hydrogen-bond donors (Lipinski definition) is 1. The molecule has 88 valence electrons. The molecule has 0 aromatic heterocycles. The van der Waals surface area contributed by atoms with Gasteiger partial charge < -0.3 is 5.32 Å². The van der Waals surface area contributed by atoms with E-state index in [0.717, 1.165) is 12.6 Å². The molecule has 0 amide bonds. The highest BCUT2D eigenvalue weighted by atomic mass is 15.2. The molecule has 2 fully saturated rings. The first kappa shape index (κ1) is 11.4. The third-order valence-corrected chi connectivity index (χ3v) is 3.91. The molecule has 0 aromatic rings. The first-order valence-corrected chi connectivity index (χ1v) is 6.54. The van der Waals surface area contributed by atoms with Crippen molar-refractivity contribution in [3.05, 3.63) is 0 Å². The Balaban J connectivity index is 2.01. The van der Waals surface area contributed by atoms with E-state index in [1.54, 1.807) is 0 Å². The van der Waals surface area contributed by atoms with Crippen LogP contribution in [0.25, 0.3) is 0 Å². The lowest BCUT2D eigenvalue weighted by molar-refractivity contribution is 0.149. The number of nitrogens with zero attached hydrogens (tertiary/aromatic N) is 1. The fourth-order valence-electron chi connectivity index (χ4n) is 3.08. The molecule has 0 aromatic carbocycles. The average Bonchev–Trinajstić information content (AvgIpc) is 2.62. The monoisotopic (exact) mass is 210 g/mol. The lowest BCUT2D eigenvalue weighted by Crippen LogP contribution is -2.41. The first-order valence-electron chi connectivity index (χ1n) is 6.54. The van der Waals surface area contributed by atoms with Gasteiger partial charge in [0, 0.05) is 31.7 Å². The van der Waals surface area contributed by atoms with Crippen molar-refractivity contribution in [2.24, 2.45) is 5.41 Å². The molecule has 2 rings (SSSR count). The molecule has 1 N–H and O–H groups in total. The third kappa shape index (κ3) is 2.94. The van der Waals surface area contributed by atoms with Crippen molar-refractivity contribution in [2.45, 2.75) is 58.5 Å². The second-order valence-corrected chi connectivity index (χ2v) is 6.31. The Bertz CT molecular complexity index is 207. The van der Waals surface area contributed by atoms with Crippen molar-refractivity contribution in [2.75, 3.05) is 19.6 Å². The van der Waals surface area contributed by atoms with Gasteiger partial charge in [0.15, 0.2) is 0 Å². The Morgan fingerprint density at radius 1 is 1.20 bits per heavy atom. The second kappa shape index (κ2) is 4.42. The Labute approximate surface area is 94.4 Å². The molecule has 0 bridgehead atoms. The van der Waals surface area contributed by atoms with Crippen molar-refractivity contribution in [1.82, 2.24) is 10.2 Å². The molecule has 1 atom stereocenters. The fraction of sp³-hybridized carbons (Fsp3) is 1.00. The van der Waals surface area contributed by atoms with E-state index in [4.69, 9.17) is 0 Å². The van der Waals surface area contributed by atoms with Crippen LogP contribution >= 0.6 is 0 Å². The summed E-state index contributed by atoms with van der Waals surface area (Å²) in [6, 6.07) is 1.54. The van der Waals surface area contributed by atoms with Crippen LogP contribution < -0.4 is 5.32 Å². The van der Waals surface area contributed by atoms with Crippen LogP contribution in [0.1, 0.15) is 46.5 Å². The van der Waals surface area contributed by atoms with Gasteiger partial charge in [0.05, 0.1) is 0 Å². The lowest BCUT2D eigenvalue weighted by atomic mass is 9.92. The second-order valence-electron chi connectivity index (χ2n) is 6.31. The summed E-state index contributed by atoms with van der Waals surface area (Å²) in [5.74, 6) is 0. The van der Waals surface area contributed by atoms with Crippen LogP contribution in [-0.4, -0.2) is 36.6 Å². The highest BCUT2D eigenvalue weighted by Gasteiger charge is 2.31. The minimum Gasteiger partial charge on any atom is -0.312 e. The van der Waals surface area contributed by atoms with E-state index in [9.17, 15) is 0 Å². The molecule has 1 saturated carbocycles. The van der Waals surface area contributed by atoms with E-state index in [0.29, 0.717) is 11.5 Å². The molecule has 2 heteroatoms. The summed E-state index contributed by atoms with van der Waals surface area (Å²) in [6.07, 6.45) is 5.76. The van der Waals surface area contributed by atoms with E-state index in [-0.39, 0.29) is 0 Å². The summed E-state index contributed by atoms with van der Waals surface area (Å²) in [5.41, 5.74) is 0.438. The smallest absolute Gasteiger partial charge is 0.0167 e. The van der Waals surface area contributed by atoms with Gasteiger partial charge in [-0.25, -0.2) is 0 Å². The van der Waals surface area contributed by atoms with Gasteiger partial charge in [-0.15, -0.1) is 0 Å². The molecule has 1 aliphatic carbocycles. The van der Waals surface area contributed by atoms with Crippen LogP contribution in [0.3, 0.4) is 0 Å². The highest BCUT2D eigenvalue weighted by Crippen LogP contribution is 2.28. The molecule has 1 saturated heterocycles. The fourth-order valence-corrected chi connectivity index (χ4v) is 3.08. The predicted octanol–water partition coefficient (Wildman–Crippen LogP) is 2.25. The third-order valence-electron chi connectivity index (χ3n) is 3.91. The quantitative estimate of drug-likeness (QED) is 0.714. The molecule has 1 aliphatic heterocycles. The maximum absolute atomic E-state index is 3.65. The van der Waals surface area contributed by atoms with Crippen molar-refractivity contribution >= 4 is 0 Å². The average molecular weight is 210 g/mol. The minimum absolute atomic E-state index is 0.438. The molecule has 15 heavy (non-hydrogen) atoms. The Morgan fingerprint density at radius 3 is 2.53 bits per heavy atom. The Kier molecular flexibility index (Phi) is 3.36. The van der Waals surface area contributed by atoms with Gasteiger partial charge in [-0.1, -0.05) is 26.7 Å². The first-order chi connectivity index (χ1) is 7.07. The van der Waals surface area contributed by atoms with E-state index >= 15 is 0 Å². The van der Waals surface area contributed by atoms with Crippen molar-refractivity contribution in [3.63, 3.8) is 0 Å². The largest absolute Gasteiger partial charge is 0.312 e. The Morgan fingerprint density at radius 2 is 1.87 bits per heavy atom. The standard InChI is InChI=1S/C13H26N2/c1-11-8-15(12-6-4-5-7-12)10-13(2,3)9-14-11/h11-12,14H,4-10H2,1-3H3. The van der Waals surface area contributed by atoms with Gasteiger partial charge >= 0.3 is 0 Å². The van der Waals surface area contributed by atoms with Crippen LogP contribution in [0, 0.1) is 5.41 Å². The van der Waals surface area contributed by atoms with Crippen LogP contribution in [0.4, 0.5) is 0 Å². The van der Waals surface area contributed by atoms with E-state index in [1.807, 2.05) is 0 Å². The van der Waals surface area contributed by atoms with Gasteiger partial charge in [-0.05, 0) is 25.2 Å². The van der Waals surface area contributed by atoms with Gasteiger partial charge in [0.1, 0.15) is 0 Å². The molecule has 1 heterocycles. The number of nitrogens with one attached hydrogen (secondary N) is 1. The maximum atomic E-state index is 3.65. The van der Waals surface area contributed by atoms with Crippen molar-refractivity contribution in [1.29, 1.82) is 0 Å². The molecular formula is C13H26N2. The lowest BCUT2D eigenvalue weighted by Gasteiger charge is -2.33. The van der Waals surface area contributed by atoms with E-state index < -0.39 is 0 Å².